The van der Waals surface area contributed by atoms with Gasteiger partial charge in [-0.2, -0.15) is 16.3 Å². The summed E-state index contributed by atoms with van der Waals surface area (Å²) in [4.78, 5) is 16.0. The van der Waals surface area contributed by atoms with E-state index in [1.54, 1.807) is 6.92 Å². The molecule has 2 aromatic heterocycles. The van der Waals surface area contributed by atoms with E-state index in [0.29, 0.717) is 11.8 Å². The van der Waals surface area contributed by atoms with Gasteiger partial charge < -0.3 is 20.3 Å². The van der Waals surface area contributed by atoms with Gasteiger partial charge in [0.05, 0.1) is 13.1 Å². The van der Waals surface area contributed by atoms with Crippen LogP contribution in [0, 0.1) is 0 Å². The molecule has 22 heavy (non-hydrogen) atoms. The van der Waals surface area contributed by atoms with E-state index >= 15 is 0 Å². The zero-order chi connectivity index (χ0) is 15.6. The summed E-state index contributed by atoms with van der Waals surface area (Å²) in [6.45, 7) is 1.95. The van der Waals surface area contributed by atoms with Gasteiger partial charge >= 0.3 is 6.03 Å². The molecule has 0 bridgehead atoms. The molecule has 1 saturated carbocycles. The number of nitrogens with zero attached hydrogens (tertiary/aromatic N) is 2. The van der Waals surface area contributed by atoms with Crippen LogP contribution in [0.15, 0.2) is 21.3 Å². The fraction of sp³-hybridized carbons (Fsp3) is 0.500. The normalized spacial score (nSPS) is 17.0. The van der Waals surface area contributed by atoms with E-state index in [4.69, 9.17) is 4.52 Å². The number of amides is 2. The molecule has 0 spiro atoms. The van der Waals surface area contributed by atoms with Crippen molar-refractivity contribution in [2.75, 3.05) is 6.54 Å². The first-order valence-electron chi connectivity index (χ1n) is 7.14. The molecule has 3 N–H and O–H groups in total. The van der Waals surface area contributed by atoms with Crippen molar-refractivity contribution in [2.24, 2.45) is 0 Å². The number of aromatic nitrogens is 2. The Labute approximate surface area is 131 Å². The molecule has 0 aliphatic heterocycles. The molecule has 0 aromatic carbocycles. The molecule has 1 aliphatic rings. The van der Waals surface area contributed by atoms with Crippen LogP contribution in [0.3, 0.4) is 0 Å². The summed E-state index contributed by atoms with van der Waals surface area (Å²) in [6, 6.07) is 1.45. The number of carbonyl (C=O) groups is 1. The molecular formula is C14H18N4O3S. The summed E-state index contributed by atoms with van der Waals surface area (Å²) in [7, 11) is 0. The van der Waals surface area contributed by atoms with Crippen LogP contribution in [-0.2, 0) is 12.1 Å². The van der Waals surface area contributed by atoms with Gasteiger partial charge in [0.25, 0.3) is 0 Å². The molecule has 2 amide bonds. The fourth-order valence-electron chi connectivity index (χ4n) is 1.99. The molecule has 3 rings (SSSR count). The molecule has 0 radical (unpaired) electrons. The van der Waals surface area contributed by atoms with Crippen LogP contribution in [0.5, 0.6) is 0 Å². The Morgan fingerprint density at radius 1 is 1.55 bits per heavy atom. The zero-order valence-electron chi connectivity index (χ0n) is 12.2. The van der Waals surface area contributed by atoms with Crippen LogP contribution in [-0.4, -0.2) is 27.8 Å². The van der Waals surface area contributed by atoms with Gasteiger partial charge in [-0.05, 0) is 42.2 Å². The minimum absolute atomic E-state index is 0.118. The maximum atomic E-state index is 11.8. The zero-order valence-corrected chi connectivity index (χ0v) is 13.0. The second-order valence-electron chi connectivity index (χ2n) is 5.64. The van der Waals surface area contributed by atoms with Crippen LogP contribution >= 0.6 is 11.3 Å². The van der Waals surface area contributed by atoms with E-state index in [2.05, 4.69) is 20.8 Å². The van der Waals surface area contributed by atoms with Crippen molar-refractivity contribution in [2.45, 2.75) is 37.8 Å². The van der Waals surface area contributed by atoms with Crippen LogP contribution in [0.2, 0.25) is 0 Å². The predicted molar refractivity (Wildman–Crippen MR) is 80.4 cm³/mol. The summed E-state index contributed by atoms with van der Waals surface area (Å²) in [5.41, 5.74) is -0.315. The molecule has 8 heteroatoms. The van der Waals surface area contributed by atoms with E-state index in [9.17, 15) is 9.90 Å². The number of carbonyl (C=O) groups excluding carboxylic acids is 1. The Balaban J connectivity index is 1.44. The molecule has 2 aromatic rings. The van der Waals surface area contributed by atoms with Gasteiger partial charge in [-0.3, -0.25) is 0 Å². The SMILES string of the molecule is C[C@](O)(CNC(=O)NCc1nc(C2CC2)no1)c1ccsc1. The quantitative estimate of drug-likeness (QED) is 0.752. The highest BCUT2D eigenvalue weighted by molar-refractivity contribution is 7.08. The fourth-order valence-corrected chi connectivity index (χ4v) is 2.77. The highest BCUT2D eigenvalue weighted by atomic mass is 32.1. The molecule has 1 atom stereocenters. The Morgan fingerprint density at radius 2 is 2.36 bits per heavy atom. The Bertz CT molecular complexity index is 634. The third kappa shape index (κ3) is 3.63. The number of rotatable bonds is 6. The standard InChI is InChI=1S/C14H18N4O3S/c1-14(20,10-4-5-22-7-10)8-16-13(19)15-6-11-17-12(18-21-11)9-2-3-9/h4-5,7,9,20H,2-3,6,8H2,1H3,(H2,15,16,19)/t14-/m0/s1. The van der Waals surface area contributed by atoms with Crippen LogP contribution in [0.25, 0.3) is 0 Å². The second kappa shape index (κ2) is 6.05. The summed E-state index contributed by atoms with van der Waals surface area (Å²) < 4.78 is 5.07. The third-order valence-electron chi connectivity index (χ3n) is 3.56. The Hall–Kier alpha value is -1.93. The number of thiophene rings is 1. The van der Waals surface area contributed by atoms with Crippen molar-refractivity contribution >= 4 is 17.4 Å². The van der Waals surface area contributed by atoms with E-state index in [1.807, 2.05) is 16.8 Å². The first-order valence-corrected chi connectivity index (χ1v) is 8.08. The number of aliphatic hydroxyl groups is 1. The number of hydrogen-bond acceptors (Lipinski definition) is 6. The van der Waals surface area contributed by atoms with Crippen LogP contribution in [0.1, 0.15) is 43.0 Å². The molecule has 0 saturated heterocycles. The molecule has 1 fully saturated rings. The second-order valence-corrected chi connectivity index (χ2v) is 6.42. The van der Waals surface area contributed by atoms with Gasteiger partial charge in [-0.25, -0.2) is 4.79 Å². The lowest BCUT2D eigenvalue weighted by molar-refractivity contribution is 0.0598. The van der Waals surface area contributed by atoms with E-state index in [-0.39, 0.29) is 19.1 Å². The summed E-state index contributed by atoms with van der Waals surface area (Å²) in [6.07, 6.45) is 2.20. The highest BCUT2D eigenvalue weighted by Crippen LogP contribution is 2.38. The lowest BCUT2D eigenvalue weighted by Crippen LogP contribution is -2.43. The Morgan fingerprint density at radius 3 is 3.05 bits per heavy atom. The van der Waals surface area contributed by atoms with Gasteiger partial charge in [0, 0.05) is 5.92 Å². The van der Waals surface area contributed by atoms with Crippen molar-refractivity contribution in [1.82, 2.24) is 20.8 Å². The molecular weight excluding hydrogens is 304 g/mol. The maximum absolute atomic E-state index is 11.8. The average molecular weight is 322 g/mol. The minimum Gasteiger partial charge on any atom is -0.384 e. The number of urea groups is 1. The van der Waals surface area contributed by atoms with Crippen molar-refractivity contribution in [3.8, 4) is 0 Å². The van der Waals surface area contributed by atoms with Gasteiger partial charge in [0.15, 0.2) is 5.82 Å². The molecule has 118 valence electrons. The smallest absolute Gasteiger partial charge is 0.315 e. The third-order valence-corrected chi connectivity index (χ3v) is 4.25. The van der Waals surface area contributed by atoms with Crippen molar-refractivity contribution in [3.63, 3.8) is 0 Å². The summed E-state index contributed by atoms with van der Waals surface area (Å²) in [5.74, 6) is 1.53. The monoisotopic (exact) mass is 322 g/mol. The highest BCUT2D eigenvalue weighted by Gasteiger charge is 2.29. The lowest BCUT2D eigenvalue weighted by Gasteiger charge is -2.22. The van der Waals surface area contributed by atoms with Crippen molar-refractivity contribution in [3.05, 3.63) is 34.1 Å². The first-order chi connectivity index (χ1) is 10.5. The van der Waals surface area contributed by atoms with E-state index in [1.165, 1.54) is 11.3 Å². The molecule has 0 unspecified atom stereocenters. The number of hydrogen-bond donors (Lipinski definition) is 3. The van der Waals surface area contributed by atoms with E-state index < -0.39 is 5.60 Å². The summed E-state index contributed by atoms with van der Waals surface area (Å²) >= 11 is 1.50. The van der Waals surface area contributed by atoms with Crippen molar-refractivity contribution < 1.29 is 14.4 Å². The Kier molecular flexibility index (Phi) is 4.12. The first kappa shape index (κ1) is 15.0. The van der Waals surface area contributed by atoms with Gasteiger partial charge in [0.2, 0.25) is 5.89 Å². The minimum atomic E-state index is -1.10. The van der Waals surface area contributed by atoms with Crippen LogP contribution < -0.4 is 10.6 Å². The average Bonchev–Trinajstić information content (AvgIpc) is 3.02. The largest absolute Gasteiger partial charge is 0.384 e. The topological polar surface area (TPSA) is 100 Å². The van der Waals surface area contributed by atoms with Gasteiger partial charge in [-0.1, -0.05) is 5.16 Å². The maximum Gasteiger partial charge on any atom is 0.315 e. The summed E-state index contributed by atoms with van der Waals surface area (Å²) in [5, 5.41) is 23.2. The predicted octanol–water partition coefficient (Wildman–Crippen LogP) is 1.72. The molecule has 7 nitrogen and oxygen atoms in total. The van der Waals surface area contributed by atoms with E-state index in [0.717, 1.165) is 24.2 Å². The molecule has 2 heterocycles. The molecule has 1 aliphatic carbocycles. The number of nitrogens with one attached hydrogen (secondary N) is 2. The lowest BCUT2D eigenvalue weighted by atomic mass is 9.99. The van der Waals surface area contributed by atoms with Gasteiger partial charge in [-0.15, -0.1) is 0 Å². The van der Waals surface area contributed by atoms with Crippen molar-refractivity contribution in [1.29, 1.82) is 0 Å². The van der Waals surface area contributed by atoms with Crippen LogP contribution in [0.4, 0.5) is 4.79 Å². The van der Waals surface area contributed by atoms with Gasteiger partial charge in [0.1, 0.15) is 5.60 Å².